The Labute approximate surface area is 370 Å². The molecule has 3 aliphatic carbocycles. The van der Waals surface area contributed by atoms with E-state index in [1.165, 1.54) is 50.1 Å². The summed E-state index contributed by atoms with van der Waals surface area (Å²) in [7, 11) is 0. The van der Waals surface area contributed by atoms with Crippen molar-refractivity contribution in [2.24, 2.45) is 0 Å². The van der Waals surface area contributed by atoms with Gasteiger partial charge in [0.1, 0.15) is 11.6 Å². The molecule has 0 bridgehead atoms. The van der Waals surface area contributed by atoms with Crippen LogP contribution in [0.5, 0.6) is 0 Å². The minimum absolute atomic E-state index is 0.0958. The van der Waals surface area contributed by atoms with Gasteiger partial charge in [-0.3, -0.25) is 14.4 Å². The number of carbonyl (C=O) groups excluding carboxylic acids is 3. The number of benzene rings is 4. The lowest BCUT2D eigenvalue weighted by Crippen LogP contribution is -2.35. The molecule has 63 heavy (non-hydrogen) atoms. The Balaban J connectivity index is 0.000000112. The fourth-order valence-electron chi connectivity index (χ4n) is 11.1. The van der Waals surface area contributed by atoms with Gasteiger partial charge in [0.2, 0.25) is 17.7 Å². The number of nitrogens with zero attached hydrogens (tertiary/aromatic N) is 2. The zero-order valence-electron chi connectivity index (χ0n) is 37.1. The molecular weight excluding hydrogens is 779 g/mol. The molecule has 3 amide bonds. The summed E-state index contributed by atoms with van der Waals surface area (Å²) in [6, 6.07) is 36.1. The van der Waals surface area contributed by atoms with E-state index in [1.807, 2.05) is 42.5 Å². The van der Waals surface area contributed by atoms with E-state index < -0.39 is 10.8 Å². The number of anilines is 3. The van der Waals surface area contributed by atoms with Crippen LogP contribution in [-0.4, -0.2) is 27.7 Å². The van der Waals surface area contributed by atoms with E-state index in [0.717, 1.165) is 72.5 Å². The second-order valence-corrected chi connectivity index (χ2v) is 19.6. The van der Waals surface area contributed by atoms with E-state index >= 15 is 0 Å². The van der Waals surface area contributed by atoms with Gasteiger partial charge >= 0.3 is 0 Å². The zero-order chi connectivity index (χ0) is 43.8. The van der Waals surface area contributed by atoms with Crippen molar-refractivity contribution in [3.05, 3.63) is 182 Å². The Morgan fingerprint density at radius 2 is 0.762 bits per heavy atom. The van der Waals surface area contributed by atoms with Crippen LogP contribution in [0.2, 0.25) is 0 Å². The topological polar surface area (TPSA) is 113 Å². The van der Waals surface area contributed by atoms with E-state index in [9.17, 15) is 14.4 Å². The van der Waals surface area contributed by atoms with Crippen molar-refractivity contribution in [3.63, 3.8) is 0 Å². The predicted molar refractivity (Wildman–Crippen MR) is 250 cm³/mol. The highest BCUT2D eigenvalue weighted by molar-refractivity contribution is 6.08. The molecule has 12 rings (SSSR count). The van der Waals surface area contributed by atoms with E-state index in [2.05, 4.69) is 128 Å². The summed E-state index contributed by atoms with van der Waals surface area (Å²) >= 11 is 0. The van der Waals surface area contributed by atoms with Crippen LogP contribution >= 0.6 is 0 Å². The van der Waals surface area contributed by atoms with Crippen molar-refractivity contribution < 1.29 is 14.4 Å². The molecule has 0 saturated carbocycles. The molecule has 8 nitrogen and oxygen atoms in total. The van der Waals surface area contributed by atoms with Gasteiger partial charge in [-0.1, -0.05) is 126 Å². The van der Waals surface area contributed by atoms with Gasteiger partial charge in [0.25, 0.3) is 0 Å². The Kier molecular flexibility index (Phi) is 9.77. The summed E-state index contributed by atoms with van der Waals surface area (Å²) in [6.07, 6.45) is 8.25. The van der Waals surface area contributed by atoms with Crippen molar-refractivity contribution in [2.75, 3.05) is 16.0 Å². The third kappa shape index (κ3) is 6.59. The van der Waals surface area contributed by atoms with Crippen LogP contribution in [0.4, 0.5) is 17.3 Å². The third-order valence-corrected chi connectivity index (χ3v) is 14.7. The molecule has 0 fully saturated rings. The largest absolute Gasteiger partial charge is 0.325 e. The lowest BCUT2D eigenvalue weighted by Gasteiger charge is -2.20. The summed E-state index contributed by atoms with van der Waals surface area (Å²) in [4.78, 5) is 46.4. The SMILES string of the molecule is CC(C)c1ccc2c(c1)CC1(C2)C(=O)Nc2ncccc21.CC(C)c1ccc2c(c1)CC1(C2)C(=O)Nc2ncccc21.CC(C)c1ccc2c(c1)C[C@@]1(C2)C(=O)Nc2ccccc21. The molecule has 318 valence electrons. The molecule has 6 aromatic rings. The number of amides is 3. The lowest BCUT2D eigenvalue weighted by molar-refractivity contribution is -0.121. The standard InChI is InChI=1S/C19H19NO.2C18H18N2O/c1-12(2)13-7-8-14-10-19(11-15(14)9-13)16-5-3-4-6-17(16)20-18(19)21;2*1-11(2)12-5-6-13-9-18(10-14(13)8-12)15-4-3-7-19-16(15)20-17(18)21/h3-9,12H,10-11H2,1-2H3,(H,20,21);2*3-8,11H,9-10H2,1-2H3,(H,19,20,21)/t19-;;/m1../s1. The van der Waals surface area contributed by atoms with Crippen molar-refractivity contribution in [1.29, 1.82) is 0 Å². The van der Waals surface area contributed by atoms with E-state index in [0.29, 0.717) is 17.8 Å². The molecule has 8 heteroatoms. The Bertz CT molecular complexity index is 2560. The number of carbonyl (C=O) groups is 3. The fraction of sp³-hybridized carbons (Fsp3) is 0.327. The first-order valence-corrected chi connectivity index (χ1v) is 22.6. The van der Waals surface area contributed by atoms with Crippen LogP contribution in [0.15, 0.2) is 116 Å². The lowest BCUT2D eigenvalue weighted by atomic mass is 9.79. The van der Waals surface area contributed by atoms with Crippen LogP contribution in [0.25, 0.3) is 0 Å². The van der Waals surface area contributed by atoms with Crippen LogP contribution in [-0.2, 0) is 69.2 Å². The van der Waals surface area contributed by atoms with Gasteiger partial charge in [-0.15, -0.1) is 0 Å². The molecule has 2 unspecified atom stereocenters. The predicted octanol–water partition coefficient (Wildman–Crippen LogP) is 10.2. The van der Waals surface area contributed by atoms with Gasteiger partial charge in [-0.05, 0) is 130 Å². The fourth-order valence-corrected chi connectivity index (χ4v) is 11.1. The van der Waals surface area contributed by atoms with Gasteiger partial charge in [0.15, 0.2) is 0 Å². The molecule has 0 radical (unpaired) electrons. The minimum atomic E-state index is -0.443. The summed E-state index contributed by atoms with van der Waals surface area (Å²) in [5.74, 6) is 3.37. The molecule has 3 atom stereocenters. The molecule has 3 spiro atoms. The molecule has 3 N–H and O–H groups in total. The number of hydrogen-bond acceptors (Lipinski definition) is 5. The number of rotatable bonds is 3. The molecular formula is C55H55N5O3. The first kappa shape index (κ1) is 40.6. The van der Waals surface area contributed by atoms with E-state index in [4.69, 9.17) is 0 Å². The second kappa shape index (κ2) is 15.1. The summed E-state index contributed by atoms with van der Waals surface area (Å²) < 4.78 is 0. The van der Waals surface area contributed by atoms with Crippen LogP contribution < -0.4 is 16.0 Å². The van der Waals surface area contributed by atoms with Crippen LogP contribution in [0.1, 0.15) is 126 Å². The molecule has 6 aliphatic rings. The van der Waals surface area contributed by atoms with Crippen molar-refractivity contribution in [2.45, 2.75) is 114 Å². The van der Waals surface area contributed by atoms with E-state index in [-0.39, 0.29) is 23.1 Å². The van der Waals surface area contributed by atoms with Gasteiger partial charge in [-0.2, -0.15) is 0 Å². The first-order valence-electron chi connectivity index (χ1n) is 22.6. The Hall–Kier alpha value is -6.41. The van der Waals surface area contributed by atoms with Crippen molar-refractivity contribution >= 4 is 35.0 Å². The Morgan fingerprint density at radius 3 is 1.17 bits per heavy atom. The average Bonchev–Trinajstić information content (AvgIpc) is 4.11. The van der Waals surface area contributed by atoms with Crippen molar-refractivity contribution in [3.8, 4) is 0 Å². The maximum absolute atomic E-state index is 12.6. The number of para-hydroxylation sites is 1. The van der Waals surface area contributed by atoms with E-state index in [1.54, 1.807) is 12.4 Å². The number of aromatic nitrogens is 2. The summed E-state index contributed by atoms with van der Waals surface area (Å²) in [5, 5.41) is 8.97. The number of fused-ring (bicyclic) bond motifs is 9. The quantitative estimate of drug-likeness (QED) is 0.164. The van der Waals surface area contributed by atoms with Gasteiger partial charge in [-0.25, -0.2) is 9.97 Å². The highest BCUT2D eigenvalue weighted by Crippen LogP contribution is 2.50. The third-order valence-electron chi connectivity index (χ3n) is 14.7. The normalized spacial score (nSPS) is 22.5. The number of hydrogen-bond donors (Lipinski definition) is 3. The van der Waals surface area contributed by atoms with Crippen molar-refractivity contribution in [1.82, 2.24) is 9.97 Å². The monoisotopic (exact) mass is 833 g/mol. The zero-order valence-corrected chi connectivity index (χ0v) is 37.1. The van der Waals surface area contributed by atoms with Crippen LogP contribution in [0.3, 0.4) is 0 Å². The minimum Gasteiger partial charge on any atom is -0.325 e. The summed E-state index contributed by atoms with van der Waals surface area (Å²) in [5.41, 5.74) is 14.9. The summed E-state index contributed by atoms with van der Waals surface area (Å²) in [6.45, 7) is 13.2. The molecule has 2 aromatic heterocycles. The molecule has 0 saturated heterocycles. The molecule has 3 aliphatic heterocycles. The smallest absolute Gasteiger partial charge is 0.237 e. The second-order valence-electron chi connectivity index (χ2n) is 19.6. The van der Waals surface area contributed by atoms with Gasteiger partial charge in [0.05, 0.1) is 16.2 Å². The number of pyridine rings is 2. The average molecular weight is 834 g/mol. The van der Waals surface area contributed by atoms with Gasteiger partial charge < -0.3 is 16.0 Å². The highest BCUT2D eigenvalue weighted by atomic mass is 16.2. The molecule has 4 aromatic carbocycles. The maximum Gasteiger partial charge on any atom is 0.237 e. The number of nitrogens with one attached hydrogen (secondary N) is 3. The van der Waals surface area contributed by atoms with Gasteiger partial charge in [0, 0.05) is 29.2 Å². The highest BCUT2D eigenvalue weighted by Gasteiger charge is 2.53. The maximum atomic E-state index is 12.6. The first-order chi connectivity index (χ1) is 30.3. The Morgan fingerprint density at radius 1 is 0.413 bits per heavy atom. The molecule has 5 heterocycles. The van der Waals surface area contributed by atoms with Crippen LogP contribution in [0, 0.1) is 0 Å².